The highest BCUT2D eigenvalue weighted by molar-refractivity contribution is 6.33. The molecule has 0 atom stereocenters. The zero-order valence-electron chi connectivity index (χ0n) is 11.6. The van der Waals surface area contributed by atoms with E-state index in [0.29, 0.717) is 22.9 Å². The van der Waals surface area contributed by atoms with Crippen molar-refractivity contribution in [2.24, 2.45) is 0 Å². The van der Waals surface area contributed by atoms with Crippen LogP contribution in [0.4, 0.5) is 0 Å². The van der Waals surface area contributed by atoms with Gasteiger partial charge in [0.25, 0.3) is 5.91 Å². The van der Waals surface area contributed by atoms with E-state index >= 15 is 0 Å². The molecule has 0 saturated carbocycles. The maximum Gasteiger partial charge on any atom is 0.253 e. The number of halogens is 1. The van der Waals surface area contributed by atoms with Crippen molar-refractivity contribution in [3.8, 4) is 11.5 Å². The Bertz CT molecular complexity index is 768. The van der Waals surface area contributed by atoms with Gasteiger partial charge in [-0.15, -0.1) is 0 Å². The molecule has 0 unspecified atom stereocenters. The fourth-order valence-corrected chi connectivity index (χ4v) is 2.24. The number of carbonyl (C=O) groups is 1. The van der Waals surface area contributed by atoms with Gasteiger partial charge in [0.1, 0.15) is 5.69 Å². The second-order valence-corrected chi connectivity index (χ2v) is 5.10. The molecule has 0 radical (unpaired) electrons. The highest BCUT2D eigenvalue weighted by Gasteiger charge is 2.09. The molecule has 0 saturated heterocycles. The molecule has 2 heterocycles. The Hall–Kier alpha value is -2.59. The molecule has 0 spiro atoms. The molecule has 3 rings (SSSR count). The van der Waals surface area contributed by atoms with E-state index in [2.05, 4.69) is 10.3 Å². The van der Waals surface area contributed by atoms with Crippen molar-refractivity contribution < 1.29 is 9.21 Å². The monoisotopic (exact) mass is 312 g/mol. The van der Waals surface area contributed by atoms with Crippen LogP contribution in [0.25, 0.3) is 11.5 Å². The van der Waals surface area contributed by atoms with Gasteiger partial charge in [0.2, 0.25) is 0 Å². The van der Waals surface area contributed by atoms with Crippen molar-refractivity contribution in [2.75, 3.05) is 0 Å². The SMILES string of the molecule is O=C(NCc1ccc(-c2ccco2)nc1)c1ccccc1Cl. The fourth-order valence-electron chi connectivity index (χ4n) is 2.02. The van der Waals surface area contributed by atoms with Crippen LogP contribution in [-0.2, 0) is 6.54 Å². The van der Waals surface area contributed by atoms with Crippen LogP contribution >= 0.6 is 11.6 Å². The fraction of sp³-hybridized carbons (Fsp3) is 0.0588. The predicted molar refractivity (Wildman–Crippen MR) is 84.6 cm³/mol. The molecule has 5 heteroatoms. The lowest BCUT2D eigenvalue weighted by molar-refractivity contribution is 0.0951. The summed E-state index contributed by atoms with van der Waals surface area (Å²) in [5.41, 5.74) is 2.12. The number of nitrogens with zero attached hydrogens (tertiary/aromatic N) is 1. The largest absolute Gasteiger partial charge is 0.463 e. The first-order chi connectivity index (χ1) is 10.7. The van der Waals surface area contributed by atoms with Gasteiger partial charge >= 0.3 is 0 Å². The average Bonchev–Trinajstić information content (AvgIpc) is 3.08. The first-order valence-electron chi connectivity index (χ1n) is 6.75. The molecule has 1 N–H and O–H groups in total. The third-order valence-electron chi connectivity index (χ3n) is 3.17. The first kappa shape index (κ1) is 14.4. The van der Waals surface area contributed by atoms with Gasteiger partial charge < -0.3 is 9.73 Å². The molecule has 3 aromatic rings. The van der Waals surface area contributed by atoms with Crippen LogP contribution in [0.3, 0.4) is 0 Å². The van der Waals surface area contributed by atoms with Crippen molar-refractivity contribution >= 4 is 17.5 Å². The molecule has 22 heavy (non-hydrogen) atoms. The van der Waals surface area contributed by atoms with Gasteiger partial charge in [0, 0.05) is 12.7 Å². The number of hydrogen-bond acceptors (Lipinski definition) is 3. The maximum absolute atomic E-state index is 12.1. The summed E-state index contributed by atoms with van der Waals surface area (Å²) in [5.74, 6) is 0.507. The molecule has 2 aromatic heterocycles. The summed E-state index contributed by atoms with van der Waals surface area (Å²) in [4.78, 5) is 16.4. The van der Waals surface area contributed by atoms with Gasteiger partial charge in [0.15, 0.2) is 5.76 Å². The second kappa shape index (κ2) is 6.45. The predicted octanol–water partition coefficient (Wildman–Crippen LogP) is 3.93. The smallest absolute Gasteiger partial charge is 0.253 e. The van der Waals surface area contributed by atoms with Crippen molar-refractivity contribution in [3.63, 3.8) is 0 Å². The third kappa shape index (κ3) is 3.18. The molecule has 110 valence electrons. The van der Waals surface area contributed by atoms with E-state index in [1.165, 1.54) is 0 Å². The van der Waals surface area contributed by atoms with E-state index in [-0.39, 0.29) is 5.91 Å². The Morgan fingerprint density at radius 3 is 2.68 bits per heavy atom. The number of carbonyl (C=O) groups excluding carboxylic acids is 1. The number of aromatic nitrogens is 1. The Labute approximate surface area is 132 Å². The number of hydrogen-bond donors (Lipinski definition) is 1. The van der Waals surface area contributed by atoms with E-state index in [0.717, 1.165) is 11.3 Å². The van der Waals surface area contributed by atoms with Gasteiger partial charge in [-0.3, -0.25) is 9.78 Å². The van der Waals surface area contributed by atoms with Crippen LogP contribution in [0.5, 0.6) is 0 Å². The summed E-state index contributed by atoms with van der Waals surface area (Å²) in [6.45, 7) is 0.384. The van der Waals surface area contributed by atoms with Crippen LogP contribution in [0.1, 0.15) is 15.9 Å². The number of nitrogens with one attached hydrogen (secondary N) is 1. The quantitative estimate of drug-likeness (QED) is 0.794. The normalized spacial score (nSPS) is 10.4. The molecule has 4 nitrogen and oxygen atoms in total. The van der Waals surface area contributed by atoms with E-state index in [9.17, 15) is 4.79 Å². The molecule has 1 aromatic carbocycles. The molecular formula is C17H13ClN2O2. The standard InChI is InChI=1S/C17H13ClN2O2/c18-14-5-2-1-4-13(14)17(21)20-11-12-7-8-15(19-10-12)16-6-3-9-22-16/h1-10H,11H2,(H,20,21). The topological polar surface area (TPSA) is 55.1 Å². The zero-order chi connectivity index (χ0) is 15.4. The summed E-state index contributed by atoms with van der Waals surface area (Å²) >= 11 is 6.00. The van der Waals surface area contributed by atoms with E-state index < -0.39 is 0 Å². The van der Waals surface area contributed by atoms with Gasteiger partial charge in [-0.05, 0) is 35.9 Å². The van der Waals surface area contributed by atoms with Gasteiger partial charge in [0.05, 0.1) is 16.8 Å². The lowest BCUT2D eigenvalue weighted by atomic mass is 10.2. The second-order valence-electron chi connectivity index (χ2n) is 4.69. The molecule has 0 aliphatic heterocycles. The van der Waals surface area contributed by atoms with Crippen molar-refractivity contribution in [1.82, 2.24) is 10.3 Å². The molecule has 0 aliphatic rings. The van der Waals surface area contributed by atoms with Crippen molar-refractivity contribution in [2.45, 2.75) is 6.54 Å². The number of benzene rings is 1. The zero-order valence-corrected chi connectivity index (χ0v) is 12.4. The van der Waals surface area contributed by atoms with E-state index in [1.807, 2.05) is 24.3 Å². The molecule has 0 bridgehead atoms. The van der Waals surface area contributed by atoms with Crippen LogP contribution in [0.15, 0.2) is 65.4 Å². The van der Waals surface area contributed by atoms with Crippen LogP contribution in [0, 0.1) is 0 Å². The minimum Gasteiger partial charge on any atom is -0.463 e. The third-order valence-corrected chi connectivity index (χ3v) is 3.50. The molecule has 0 aliphatic carbocycles. The molecule has 0 fully saturated rings. The summed E-state index contributed by atoms with van der Waals surface area (Å²) in [5, 5.41) is 3.26. The van der Waals surface area contributed by atoms with Crippen molar-refractivity contribution in [1.29, 1.82) is 0 Å². The number of amides is 1. The van der Waals surface area contributed by atoms with Crippen LogP contribution in [0.2, 0.25) is 5.02 Å². The Balaban J connectivity index is 1.64. The Kier molecular flexibility index (Phi) is 4.21. The van der Waals surface area contributed by atoms with E-state index in [1.54, 1.807) is 36.7 Å². The van der Waals surface area contributed by atoms with Gasteiger partial charge in [-0.25, -0.2) is 0 Å². The maximum atomic E-state index is 12.1. The molecule has 1 amide bonds. The summed E-state index contributed by atoms with van der Waals surface area (Å²) < 4.78 is 5.28. The lowest BCUT2D eigenvalue weighted by Gasteiger charge is -2.07. The minimum atomic E-state index is -0.208. The first-order valence-corrected chi connectivity index (χ1v) is 7.13. The summed E-state index contributed by atoms with van der Waals surface area (Å²) in [6.07, 6.45) is 3.32. The molecular weight excluding hydrogens is 300 g/mol. The van der Waals surface area contributed by atoms with Gasteiger partial charge in [-0.1, -0.05) is 29.8 Å². The number of furan rings is 1. The number of rotatable bonds is 4. The number of pyridine rings is 1. The van der Waals surface area contributed by atoms with Crippen LogP contribution in [-0.4, -0.2) is 10.9 Å². The minimum absolute atomic E-state index is 0.208. The Morgan fingerprint density at radius 2 is 2.00 bits per heavy atom. The van der Waals surface area contributed by atoms with Crippen LogP contribution < -0.4 is 5.32 Å². The van der Waals surface area contributed by atoms with Crippen molar-refractivity contribution in [3.05, 3.63) is 77.1 Å². The lowest BCUT2D eigenvalue weighted by Crippen LogP contribution is -2.23. The highest BCUT2D eigenvalue weighted by atomic mass is 35.5. The summed E-state index contributed by atoms with van der Waals surface area (Å²) in [7, 11) is 0. The van der Waals surface area contributed by atoms with Gasteiger partial charge in [-0.2, -0.15) is 0 Å². The Morgan fingerprint density at radius 1 is 1.14 bits per heavy atom. The highest BCUT2D eigenvalue weighted by Crippen LogP contribution is 2.17. The van der Waals surface area contributed by atoms with E-state index in [4.69, 9.17) is 16.0 Å². The average molecular weight is 313 g/mol. The summed E-state index contributed by atoms with van der Waals surface area (Å²) in [6, 6.07) is 14.4.